The van der Waals surface area contributed by atoms with Crippen LogP contribution in [0.4, 0.5) is 4.39 Å². The monoisotopic (exact) mass is 293 g/mol. The van der Waals surface area contributed by atoms with Gasteiger partial charge in [0, 0.05) is 44.8 Å². The van der Waals surface area contributed by atoms with E-state index in [0.29, 0.717) is 12.1 Å². The molecular weight excluding hydrogens is 265 g/mol. The van der Waals surface area contributed by atoms with Gasteiger partial charge >= 0.3 is 0 Å². The van der Waals surface area contributed by atoms with Crippen molar-refractivity contribution < 1.29 is 4.39 Å². The van der Waals surface area contributed by atoms with E-state index in [1.54, 1.807) is 0 Å². The summed E-state index contributed by atoms with van der Waals surface area (Å²) in [5.41, 5.74) is 1.18. The maximum Gasteiger partial charge on any atom is 0.123 e. The van der Waals surface area contributed by atoms with Gasteiger partial charge in [0.15, 0.2) is 0 Å². The number of nitrogens with zero attached hydrogens (tertiary/aromatic N) is 2. The Hall–Kier alpha value is -0.970. The molecule has 0 spiro atoms. The highest BCUT2D eigenvalue weighted by Crippen LogP contribution is 2.07. The van der Waals surface area contributed by atoms with Gasteiger partial charge in [-0.1, -0.05) is 12.1 Å². The summed E-state index contributed by atoms with van der Waals surface area (Å²) in [6, 6.07) is 7.70. The molecule has 2 rings (SSSR count). The standard InChI is InChI=1S/C17H28FN3/c1-14(12-16-4-6-17(18)7-5-16)19-15(2)13-21-10-8-20(3)9-11-21/h4-7,14-15,19H,8-13H2,1-3H3/t14-,15-/m1/s1. The van der Waals surface area contributed by atoms with Crippen LogP contribution in [0, 0.1) is 5.82 Å². The van der Waals surface area contributed by atoms with Crippen LogP contribution >= 0.6 is 0 Å². The van der Waals surface area contributed by atoms with E-state index in [2.05, 4.69) is 36.0 Å². The number of likely N-dealkylation sites (N-methyl/N-ethyl adjacent to an activating group) is 1. The number of benzene rings is 1. The molecule has 4 heteroatoms. The second-order valence-corrected chi connectivity index (χ2v) is 6.40. The highest BCUT2D eigenvalue weighted by molar-refractivity contribution is 5.17. The Balaban J connectivity index is 1.71. The van der Waals surface area contributed by atoms with E-state index >= 15 is 0 Å². The molecule has 0 bridgehead atoms. The SMILES string of the molecule is C[C@H](Cc1ccc(F)cc1)N[C@H](C)CN1CCN(C)CC1. The van der Waals surface area contributed by atoms with E-state index in [9.17, 15) is 4.39 Å². The zero-order valence-electron chi connectivity index (χ0n) is 13.5. The molecule has 0 radical (unpaired) electrons. The molecule has 1 aromatic carbocycles. The lowest BCUT2D eigenvalue weighted by Crippen LogP contribution is -2.50. The first-order chi connectivity index (χ1) is 10.0. The van der Waals surface area contributed by atoms with Crippen molar-refractivity contribution in [2.75, 3.05) is 39.8 Å². The van der Waals surface area contributed by atoms with Crippen LogP contribution in [-0.2, 0) is 6.42 Å². The summed E-state index contributed by atoms with van der Waals surface area (Å²) in [5.74, 6) is -0.164. The average molecular weight is 293 g/mol. The zero-order chi connectivity index (χ0) is 15.2. The van der Waals surface area contributed by atoms with Crippen LogP contribution in [0.15, 0.2) is 24.3 Å². The molecule has 1 heterocycles. The molecule has 21 heavy (non-hydrogen) atoms. The summed E-state index contributed by atoms with van der Waals surface area (Å²) in [6.45, 7) is 10.2. The Morgan fingerprint density at radius 1 is 1.05 bits per heavy atom. The van der Waals surface area contributed by atoms with Gasteiger partial charge in [0.1, 0.15) is 5.82 Å². The molecule has 0 unspecified atom stereocenters. The fourth-order valence-corrected chi connectivity index (χ4v) is 2.99. The minimum atomic E-state index is -0.164. The van der Waals surface area contributed by atoms with Crippen LogP contribution in [0.5, 0.6) is 0 Å². The van der Waals surface area contributed by atoms with Crippen molar-refractivity contribution in [3.8, 4) is 0 Å². The molecule has 0 amide bonds. The minimum Gasteiger partial charge on any atom is -0.310 e. The molecule has 0 aliphatic carbocycles. The van der Waals surface area contributed by atoms with E-state index in [1.807, 2.05) is 12.1 Å². The molecule has 3 nitrogen and oxygen atoms in total. The van der Waals surface area contributed by atoms with Crippen molar-refractivity contribution in [2.45, 2.75) is 32.4 Å². The third kappa shape index (κ3) is 5.73. The van der Waals surface area contributed by atoms with E-state index in [0.717, 1.165) is 39.1 Å². The van der Waals surface area contributed by atoms with Gasteiger partial charge in [-0.25, -0.2) is 4.39 Å². The van der Waals surface area contributed by atoms with Gasteiger partial charge in [-0.05, 0) is 45.0 Å². The molecule has 1 aliphatic rings. The van der Waals surface area contributed by atoms with Crippen LogP contribution in [-0.4, -0.2) is 61.7 Å². The first-order valence-corrected chi connectivity index (χ1v) is 7.94. The van der Waals surface area contributed by atoms with Crippen LogP contribution in [0.2, 0.25) is 0 Å². The maximum absolute atomic E-state index is 12.9. The predicted octanol–water partition coefficient (Wildman–Crippen LogP) is 1.98. The summed E-state index contributed by atoms with van der Waals surface area (Å²) in [7, 11) is 2.18. The largest absolute Gasteiger partial charge is 0.310 e. The highest BCUT2D eigenvalue weighted by atomic mass is 19.1. The van der Waals surface area contributed by atoms with Crippen molar-refractivity contribution in [1.29, 1.82) is 0 Å². The van der Waals surface area contributed by atoms with Gasteiger partial charge in [-0.2, -0.15) is 0 Å². The van der Waals surface area contributed by atoms with Gasteiger partial charge in [0.25, 0.3) is 0 Å². The van der Waals surface area contributed by atoms with Crippen molar-refractivity contribution in [2.24, 2.45) is 0 Å². The summed E-state index contributed by atoms with van der Waals surface area (Å²) in [4.78, 5) is 4.91. The third-order valence-corrected chi connectivity index (χ3v) is 4.15. The summed E-state index contributed by atoms with van der Waals surface area (Å²) < 4.78 is 12.9. The molecule has 118 valence electrons. The number of hydrogen-bond acceptors (Lipinski definition) is 3. The van der Waals surface area contributed by atoms with Crippen molar-refractivity contribution in [3.63, 3.8) is 0 Å². The first-order valence-electron chi connectivity index (χ1n) is 7.94. The van der Waals surface area contributed by atoms with Gasteiger partial charge in [0.2, 0.25) is 0 Å². The Bertz CT molecular complexity index is 413. The number of piperazine rings is 1. The Morgan fingerprint density at radius 3 is 2.29 bits per heavy atom. The molecule has 0 saturated carbocycles. The quantitative estimate of drug-likeness (QED) is 0.865. The van der Waals surface area contributed by atoms with Crippen LogP contribution in [0.1, 0.15) is 19.4 Å². The van der Waals surface area contributed by atoms with E-state index < -0.39 is 0 Å². The second kappa shape index (κ2) is 7.87. The topological polar surface area (TPSA) is 18.5 Å². The summed E-state index contributed by atoms with van der Waals surface area (Å²) >= 11 is 0. The Labute approximate surface area is 128 Å². The van der Waals surface area contributed by atoms with Crippen LogP contribution < -0.4 is 5.32 Å². The lowest BCUT2D eigenvalue weighted by molar-refractivity contribution is 0.142. The van der Waals surface area contributed by atoms with E-state index in [4.69, 9.17) is 0 Å². The van der Waals surface area contributed by atoms with Crippen molar-refractivity contribution in [1.82, 2.24) is 15.1 Å². The summed E-state index contributed by atoms with van der Waals surface area (Å²) in [6.07, 6.45) is 0.938. The lowest BCUT2D eigenvalue weighted by Gasteiger charge is -2.34. The van der Waals surface area contributed by atoms with Crippen LogP contribution in [0.3, 0.4) is 0 Å². The number of halogens is 1. The van der Waals surface area contributed by atoms with Crippen molar-refractivity contribution in [3.05, 3.63) is 35.6 Å². The molecule has 0 aromatic heterocycles. The highest BCUT2D eigenvalue weighted by Gasteiger charge is 2.17. The number of rotatable bonds is 6. The molecule has 2 atom stereocenters. The van der Waals surface area contributed by atoms with Gasteiger partial charge < -0.3 is 10.2 Å². The van der Waals surface area contributed by atoms with Crippen LogP contribution in [0.25, 0.3) is 0 Å². The molecule has 1 aromatic rings. The van der Waals surface area contributed by atoms with E-state index in [-0.39, 0.29) is 5.82 Å². The fraction of sp³-hybridized carbons (Fsp3) is 0.647. The lowest BCUT2D eigenvalue weighted by atomic mass is 10.1. The molecule has 1 saturated heterocycles. The smallest absolute Gasteiger partial charge is 0.123 e. The number of hydrogen-bond donors (Lipinski definition) is 1. The molecular formula is C17H28FN3. The normalized spacial score (nSPS) is 20.4. The molecule has 1 fully saturated rings. The maximum atomic E-state index is 12.9. The first kappa shape index (κ1) is 16.4. The zero-order valence-corrected chi connectivity index (χ0v) is 13.5. The minimum absolute atomic E-state index is 0.164. The summed E-state index contributed by atoms with van der Waals surface area (Å²) in [5, 5.41) is 3.65. The Kier molecular flexibility index (Phi) is 6.15. The van der Waals surface area contributed by atoms with E-state index in [1.165, 1.54) is 17.7 Å². The fourth-order valence-electron chi connectivity index (χ4n) is 2.99. The number of nitrogens with one attached hydrogen (secondary N) is 1. The second-order valence-electron chi connectivity index (χ2n) is 6.40. The van der Waals surface area contributed by atoms with Gasteiger partial charge in [-0.15, -0.1) is 0 Å². The average Bonchev–Trinajstić information content (AvgIpc) is 2.44. The molecule has 1 aliphatic heterocycles. The third-order valence-electron chi connectivity index (χ3n) is 4.15. The molecule has 1 N–H and O–H groups in total. The predicted molar refractivity (Wildman–Crippen MR) is 86.1 cm³/mol. The van der Waals surface area contributed by atoms with Gasteiger partial charge in [-0.3, -0.25) is 4.90 Å². The Morgan fingerprint density at radius 2 is 1.67 bits per heavy atom. The van der Waals surface area contributed by atoms with Gasteiger partial charge in [0.05, 0.1) is 0 Å². The van der Waals surface area contributed by atoms with Crippen molar-refractivity contribution >= 4 is 0 Å².